The monoisotopic (exact) mass is 350 g/mol. The van der Waals surface area contributed by atoms with Gasteiger partial charge in [0, 0.05) is 18.1 Å². The number of rotatable bonds is 3. The van der Waals surface area contributed by atoms with E-state index in [1.54, 1.807) is 18.2 Å². The maximum atomic E-state index is 12.3. The molecular formula is C13H16Cl2N2O3S. The van der Waals surface area contributed by atoms with Crippen molar-refractivity contribution in [1.29, 1.82) is 0 Å². The molecule has 0 radical (unpaired) electrons. The average molecular weight is 351 g/mol. The number of nitrogens with zero attached hydrogens (tertiary/aromatic N) is 1. The van der Waals surface area contributed by atoms with Crippen LogP contribution >= 0.6 is 23.2 Å². The number of carbonyl (C=O) groups is 1. The number of amides is 1. The van der Waals surface area contributed by atoms with Gasteiger partial charge in [0.05, 0.1) is 22.9 Å². The molecule has 0 spiro atoms. The van der Waals surface area contributed by atoms with Gasteiger partial charge in [-0.2, -0.15) is 0 Å². The van der Waals surface area contributed by atoms with Crippen LogP contribution in [0.25, 0.3) is 0 Å². The van der Waals surface area contributed by atoms with Crippen LogP contribution in [0.2, 0.25) is 10.0 Å². The normalized spacial score (nSPS) is 20.2. The summed E-state index contributed by atoms with van der Waals surface area (Å²) in [7, 11) is -3.27. The molecule has 1 N–H and O–H groups in total. The Bertz CT molecular complexity index is 649. The second-order valence-electron chi connectivity index (χ2n) is 5.07. The molecule has 1 atom stereocenters. The fourth-order valence-corrected chi connectivity index (χ4v) is 3.65. The summed E-state index contributed by atoms with van der Waals surface area (Å²) < 4.78 is 24.5. The van der Waals surface area contributed by atoms with Crippen LogP contribution in [-0.4, -0.2) is 38.0 Å². The molecule has 1 fully saturated rings. The molecule has 5 nitrogen and oxygen atoms in total. The van der Waals surface area contributed by atoms with E-state index in [4.69, 9.17) is 23.2 Å². The third-order valence-electron chi connectivity index (χ3n) is 3.41. The van der Waals surface area contributed by atoms with Gasteiger partial charge in [0.1, 0.15) is 0 Å². The van der Waals surface area contributed by atoms with E-state index in [1.165, 1.54) is 4.31 Å². The zero-order valence-electron chi connectivity index (χ0n) is 11.5. The maximum absolute atomic E-state index is 12.3. The maximum Gasteiger partial charge on any atom is 0.228 e. The van der Waals surface area contributed by atoms with Crippen molar-refractivity contribution in [1.82, 2.24) is 4.31 Å². The van der Waals surface area contributed by atoms with Crippen molar-refractivity contribution in [3.05, 3.63) is 28.2 Å². The number of hydrogen-bond donors (Lipinski definition) is 1. The van der Waals surface area contributed by atoms with Gasteiger partial charge in [-0.05, 0) is 31.0 Å². The molecule has 1 amide bonds. The number of piperidine rings is 1. The van der Waals surface area contributed by atoms with E-state index in [9.17, 15) is 13.2 Å². The summed E-state index contributed by atoms with van der Waals surface area (Å²) >= 11 is 11.8. The molecule has 1 aromatic carbocycles. The first-order valence-electron chi connectivity index (χ1n) is 6.48. The van der Waals surface area contributed by atoms with Crippen LogP contribution in [0.15, 0.2) is 18.2 Å². The summed E-state index contributed by atoms with van der Waals surface area (Å²) in [5, 5.41) is 3.57. The van der Waals surface area contributed by atoms with Gasteiger partial charge in [0.2, 0.25) is 15.9 Å². The van der Waals surface area contributed by atoms with E-state index >= 15 is 0 Å². The van der Waals surface area contributed by atoms with Gasteiger partial charge in [-0.25, -0.2) is 12.7 Å². The van der Waals surface area contributed by atoms with Crippen molar-refractivity contribution in [2.75, 3.05) is 24.7 Å². The van der Waals surface area contributed by atoms with E-state index in [-0.39, 0.29) is 18.4 Å². The quantitative estimate of drug-likeness (QED) is 0.910. The number of anilines is 1. The Labute approximate surface area is 134 Å². The third-order valence-corrected chi connectivity index (χ3v) is 5.23. The second kappa shape index (κ2) is 6.52. The third kappa shape index (κ3) is 4.32. The van der Waals surface area contributed by atoms with Crippen molar-refractivity contribution in [2.45, 2.75) is 12.8 Å². The Morgan fingerprint density at radius 2 is 2.10 bits per heavy atom. The van der Waals surface area contributed by atoms with Crippen LogP contribution in [0.5, 0.6) is 0 Å². The Morgan fingerprint density at radius 1 is 1.38 bits per heavy atom. The molecule has 2 rings (SSSR count). The molecule has 0 aliphatic carbocycles. The highest BCUT2D eigenvalue weighted by Crippen LogP contribution is 2.27. The lowest BCUT2D eigenvalue weighted by Gasteiger charge is -2.30. The molecule has 116 valence electrons. The van der Waals surface area contributed by atoms with Gasteiger partial charge in [-0.3, -0.25) is 4.79 Å². The smallest absolute Gasteiger partial charge is 0.228 e. The van der Waals surface area contributed by atoms with Crippen LogP contribution in [0.1, 0.15) is 12.8 Å². The SMILES string of the molecule is CS(=O)(=O)N1CCC[C@@H](C(=O)Nc2ccc(Cl)cc2Cl)C1. The number of benzene rings is 1. The van der Waals surface area contributed by atoms with E-state index < -0.39 is 10.0 Å². The molecule has 8 heteroatoms. The second-order valence-corrected chi connectivity index (χ2v) is 7.90. The first kappa shape index (κ1) is 16.5. The van der Waals surface area contributed by atoms with Crippen molar-refractivity contribution in [2.24, 2.45) is 5.92 Å². The molecule has 1 saturated heterocycles. The number of hydrogen-bond acceptors (Lipinski definition) is 3. The van der Waals surface area contributed by atoms with Gasteiger partial charge in [-0.1, -0.05) is 23.2 Å². The minimum Gasteiger partial charge on any atom is -0.324 e. The fraction of sp³-hybridized carbons (Fsp3) is 0.462. The van der Waals surface area contributed by atoms with Gasteiger partial charge in [-0.15, -0.1) is 0 Å². The summed E-state index contributed by atoms with van der Waals surface area (Å²) in [6.45, 7) is 0.667. The first-order valence-corrected chi connectivity index (χ1v) is 9.09. The largest absolute Gasteiger partial charge is 0.324 e. The molecule has 0 bridgehead atoms. The van der Waals surface area contributed by atoms with Gasteiger partial charge < -0.3 is 5.32 Å². The summed E-state index contributed by atoms with van der Waals surface area (Å²) in [5.41, 5.74) is 0.475. The fourth-order valence-electron chi connectivity index (χ4n) is 2.28. The minimum atomic E-state index is -3.27. The van der Waals surface area contributed by atoms with Crippen LogP contribution in [0, 0.1) is 5.92 Å². The minimum absolute atomic E-state index is 0.204. The molecule has 1 aliphatic heterocycles. The Morgan fingerprint density at radius 3 is 2.71 bits per heavy atom. The number of carbonyl (C=O) groups excluding carboxylic acids is 1. The zero-order chi connectivity index (χ0) is 15.6. The lowest BCUT2D eigenvalue weighted by Crippen LogP contribution is -2.43. The Kier molecular flexibility index (Phi) is 5.14. The molecular weight excluding hydrogens is 335 g/mol. The van der Waals surface area contributed by atoms with Crippen molar-refractivity contribution >= 4 is 44.8 Å². The summed E-state index contributed by atoms with van der Waals surface area (Å²) in [5.74, 6) is -0.604. The Balaban J connectivity index is 2.06. The van der Waals surface area contributed by atoms with E-state index in [1.807, 2.05) is 0 Å². The van der Waals surface area contributed by atoms with Crippen LogP contribution < -0.4 is 5.32 Å². The topological polar surface area (TPSA) is 66.5 Å². The number of sulfonamides is 1. The van der Waals surface area contributed by atoms with Gasteiger partial charge in [0.25, 0.3) is 0 Å². The Hall–Kier alpha value is -0.820. The van der Waals surface area contributed by atoms with Crippen LogP contribution in [0.4, 0.5) is 5.69 Å². The van der Waals surface area contributed by atoms with Gasteiger partial charge in [0.15, 0.2) is 0 Å². The van der Waals surface area contributed by atoms with Crippen molar-refractivity contribution in [3.63, 3.8) is 0 Å². The molecule has 1 aliphatic rings. The predicted octanol–water partition coefficient (Wildman–Crippen LogP) is 2.60. The molecule has 1 heterocycles. The highest BCUT2D eigenvalue weighted by molar-refractivity contribution is 7.88. The molecule has 0 aromatic heterocycles. The first-order chi connectivity index (χ1) is 9.77. The lowest BCUT2D eigenvalue weighted by atomic mass is 9.99. The van der Waals surface area contributed by atoms with E-state index in [0.29, 0.717) is 35.1 Å². The molecule has 0 saturated carbocycles. The predicted molar refractivity (Wildman–Crippen MR) is 84.2 cm³/mol. The summed E-state index contributed by atoms with van der Waals surface area (Å²) in [4.78, 5) is 12.3. The van der Waals surface area contributed by atoms with Crippen LogP contribution in [-0.2, 0) is 14.8 Å². The van der Waals surface area contributed by atoms with E-state index in [0.717, 1.165) is 6.26 Å². The van der Waals surface area contributed by atoms with Crippen LogP contribution in [0.3, 0.4) is 0 Å². The van der Waals surface area contributed by atoms with E-state index in [2.05, 4.69) is 5.32 Å². The standard InChI is InChI=1S/C13H16Cl2N2O3S/c1-21(19,20)17-6-2-3-9(8-17)13(18)16-12-5-4-10(14)7-11(12)15/h4-5,7,9H,2-3,6,8H2,1H3,(H,16,18)/t9-/m1/s1. The number of halogens is 2. The highest BCUT2D eigenvalue weighted by Gasteiger charge is 2.30. The summed E-state index contributed by atoms with van der Waals surface area (Å²) in [6, 6.07) is 4.80. The van der Waals surface area contributed by atoms with Crippen molar-refractivity contribution < 1.29 is 13.2 Å². The molecule has 21 heavy (non-hydrogen) atoms. The molecule has 0 unspecified atom stereocenters. The zero-order valence-corrected chi connectivity index (χ0v) is 13.8. The lowest BCUT2D eigenvalue weighted by molar-refractivity contribution is -0.120. The average Bonchev–Trinajstić information content (AvgIpc) is 2.41. The van der Waals surface area contributed by atoms with Gasteiger partial charge >= 0.3 is 0 Å². The number of nitrogens with one attached hydrogen (secondary N) is 1. The molecule has 1 aromatic rings. The highest BCUT2D eigenvalue weighted by atomic mass is 35.5. The van der Waals surface area contributed by atoms with Crippen molar-refractivity contribution in [3.8, 4) is 0 Å². The summed E-state index contributed by atoms with van der Waals surface area (Å²) in [6.07, 6.45) is 2.48.